The van der Waals surface area contributed by atoms with Gasteiger partial charge in [0.2, 0.25) is 0 Å². The first-order valence-electron chi connectivity index (χ1n) is 14.6. The molecule has 0 radical (unpaired) electrons. The summed E-state index contributed by atoms with van der Waals surface area (Å²) in [5, 5.41) is 12.7. The molecule has 224 valence electrons. The molecule has 0 amide bonds. The van der Waals surface area contributed by atoms with Crippen molar-refractivity contribution in [3.05, 3.63) is 119 Å². The Morgan fingerprint density at radius 3 is 1.86 bits per heavy atom. The van der Waals surface area contributed by atoms with E-state index >= 15 is 0 Å². The third kappa shape index (κ3) is 7.87. The van der Waals surface area contributed by atoms with Crippen molar-refractivity contribution in [2.45, 2.75) is 71.0 Å². The molecule has 7 nitrogen and oxygen atoms in total. The number of fused-ring (bicyclic) bond motifs is 2. The van der Waals surface area contributed by atoms with Crippen LogP contribution in [0.1, 0.15) is 68.8 Å². The summed E-state index contributed by atoms with van der Waals surface area (Å²) in [5.41, 5.74) is 10.4. The van der Waals surface area contributed by atoms with E-state index in [1.807, 2.05) is 98.8 Å². The second kappa shape index (κ2) is 12.8. The predicted molar refractivity (Wildman–Crippen MR) is 168 cm³/mol. The maximum atomic E-state index is 9.26. The molecule has 0 spiro atoms. The van der Waals surface area contributed by atoms with Crippen LogP contribution in [0.4, 0.5) is 0 Å². The van der Waals surface area contributed by atoms with Crippen molar-refractivity contribution in [2.75, 3.05) is 0 Å². The molecular formula is C36H40N2O5. The Bertz CT molecular complexity index is 1550. The van der Waals surface area contributed by atoms with Gasteiger partial charge in [-0.25, -0.2) is 0 Å². The van der Waals surface area contributed by atoms with E-state index in [1.54, 1.807) is 0 Å². The zero-order chi connectivity index (χ0) is 30.5. The average Bonchev–Trinajstić information content (AvgIpc) is 2.99. The Hall–Kier alpha value is -4.49. The molecule has 0 bridgehead atoms. The van der Waals surface area contributed by atoms with Crippen LogP contribution in [0.5, 0.6) is 23.0 Å². The van der Waals surface area contributed by atoms with Gasteiger partial charge in [0.1, 0.15) is 47.4 Å². The molecule has 0 aromatic heterocycles. The van der Waals surface area contributed by atoms with Gasteiger partial charge in [-0.15, -0.1) is 0 Å². The molecular weight excluding hydrogens is 540 g/mol. The van der Waals surface area contributed by atoms with Crippen LogP contribution >= 0.6 is 0 Å². The summed E-state index contributed by atoms with van der Waals surface area (Å²) >= 11 is 0. The lowest BCUT2D eigenvalue weighted by Crippen LogP contribution is -2.37. The number of hydrogen-bond acceptors (Lipinski definition) is 7. The Morgan fingerprint density at radius 2 is 1.28 bits per heavy atom. The highest BCUT2D eigenvalue weighted by atomic mass is 16.5. The van der Waals surface area contributed by atoms with Crippen molar-refractivity contribution in [1.82, 2.24) is 0 Å². The van der Waals surface area contributed by atoms with Crippen LogP contribution in [0.2, 0.25) is 0 Å². The van der Waals surface area contributed by atoms with Gasteiger partial charge in [-0.3, -0.25) is 0 Å². The lowest BCUT2D eigenvalue weighted by molar-refractivity contribution is 0.0726. The monoisotopic (exact) mass is 580 g/mol. The minimum atomic E-state index is -0.374. The van der Waals surface area contributed by atoms with Gasteiger partial charge in [-0.05, 0) is 75.2 Å². The van der Waals surface area contributed by atoms with E-state index in [0.717, 1.165) is 51.7 Å². The summed E-state index contributed by atoms with van der Waals surface area (Å²) < 4.78 is 23.6. The molecule has 0 saturated heterocycles. The van der Waals surface area contributed by atoms with Crippen LogP contribution in [-0.4, -0.2) is 22.1 Å². The van der Waals surface area contributed by atoms with Gasteiger partial charge < -0.3 is 29.9 Å². The molecule has 1 atom stereocenters. The first kappa shape index (κ1) is 30.0. The molecule has 7 heteroatoms. The molecule has 1 unspecified atom stereocenters. The summed E-state index contributed by atoms with van der Waals surface area (Å²) in [4.78, 5) is 0. The molecule has 43 heavy (non-hydrogen) atoms. The smallest absolute Gasteiger partial charge is 0.129 e. The predicted octanol–water partition coefficient (Wildman–Crippen LogP) is 7.83. The molecule has 0 aliphatic carbocycles. The summed E-state index contributed by atoms with van der Waals surface area (Å²) in [5.74, 6) is 3.14. The van der Waals surface area contributed by atoms with Crippen molar-refractivity contribution in [3.63, 3.8) is 0 Å². The summed E-state index contributed by atoms with van der Waals surface area (Å²) in [6.45, 7) is 9.13. The molecule has 0 saturated carbocycles. The third-order valence-electron chi connectivity index (χ3n) is 7.34. The van der Waals surface area contributed by atoms with Crippen LogP contribution in [-0.2, 0) is 13.2 Å². The zero-order valence-corrected chi connectivity index (χ0v) is 25.2. The van der Waals surface area contributed by atoms with Crippen LogP contribution in [0.15, 0.2) is 102 Å². The molecule has 4 aromatic carbocycles. The number of rotatable bonds is 6. The molecule has 6 rings (SSSR count). The fourth-order valence-corrected chi connectivity index (χ4v) is 5.29. The van der Waals surface area contributed by atoms with E-state index in [2.05, 4.69) is 31.1 Å². The number of oxime groups is 1. The standard InChI is InChI=1S/C18H19NO3.C18H21NO2/c1-18(2)11-16(19-20)15-10-14(8-9-17(15)22-18)21-12-13-6-4-3-5-7-13;1-18(2)11-16(19)15-10-14(8-9-17(15)21-18)20-12-13-6-4-3-5-7-13/h3-10,20H,11-12H2,1-2H3;3-10,16H,11-12,19H2,1-2H3. The van der Waals surface area contributed by atoms with E-state index in [9.17, 15) is 5.21 Å². The quantitative estimate of drug-likeness (QED) is 0.178. The van der Waals surface area contributed by atoms with Gasteiger partial charge in [0, 0.05) is 30.0 Å². The number of nitrogens with zero attached hydrogens (tertiary/aromatic N) is 1. The maximum absolute atomic E-state index is 9.26. The van der Waals surface area contributed by atoms with E-state index in [0.29, 0.717) is 25.3 Å². The largest absolute Gasteiger partial charge is 0.489 e. The number of ether oxygens (including phenoxy) is 4. The summed E-state index contributed by atoms with van der Waals surface area (Å²) in [6, 6.07) is 31.6. The van der Waals surface area contributed by atoms with Crippen molar-refractivity contribution >= 4 is 5.71 Å². The number of benzene rings is 4. The van der Waals surface area contributed by atoms with Gasteiger partial charge in [0.05, 0.1) is 5.71 Å². The minimum absolute atomic E-state index is 0.0102. The van der Waals surface area contributed by atoms with Gasteiger partial charge in [-0.1, -0.05) is 65.8 Å². The van der Waals surface area contributed by atoms with Crippen LogP contribution < -0.4 is 24.7 Å². The lowest BCUT2D eigenvalue weighted by atomic mass is 9.90. The highest BCUT2D eigenvalue weighted by Gasteiger charge is 2.33. The van der Waals surface area contributed by atoms with Crippen LogP contribution in [0.25, 0.3) is 0 Å². The fourth-order valence-electron chi connectivity index (χ4n) is 5.29. The minimum Gasteiger partial charge on any atom is -0.489 e. The van der Waals surface area contributed by atoms with Crippen molar-refractivity contribution in [1.29, 1.82) is 0 Å². The van der Waals surface area contributed by atoms with Crippen molar-refractivity contribution in [2.24, 2.45) is 10.9 Å². The number of hydrogen-bond donors (Lipinski definition) is 2. The van der Waals surface area contributed by atoms with E-state index in [-0.39, 0.29) is 17.2 Å². The SMILES string of the molecule is CC1(C)CC(=NO)c2cc(OCc3ccccc3)ccc2O1.CC1(C)CC(N)c2cc(OCc3ccccc3)ccc2O1. The van der Waals surface area contributed by atoms with Gasteiger partial charge in [0.25, 0.3) is 0 Å². The topological polar surface area (TPSA) is 95.5 Å². The molecule has 2 aliphatic heterocycles. The zero-order valence-electron chi connectivity index (χ0n) is 25.2. The molecule has 0 fully saturated rings. The molecule has 3 N–H and O–H groups in total. The van der Waals surface area contributed by atoms with E-state index in [1.165, 1.54) is 0 Å². The highest BCUT2D eigenvalue weighted by molar-refractivity contribution is 6.04. The Balaban J connectivity index is 0.000000171. The van der Waals surface area contributed by atoms with Crippen LogP contribution in [0, 0.1) is 0 Å². The van der Waals surface area contributed by atoms with Gasteiger partial charge >= 0.3 is 0 Å². The average molecular weight is 581 g/mol. The molecule has 2 heterocycles. The molecule has 2 aliphatic rings. The maximum Gasteiger partial charge on any atom is 0.129 e. The van der Waals surface area contributed by atoms with E-state index in [4.69, 9.17) is 24.7 Å². The third-order valence-corrected chi connectivity index (χ3v) is 7.34. The van der Waals surface area contributed by atoms with Gasteiger partial charge in [-0.2, -0.15) is 0 Å². The second-order valence-electron chi connectivity index (χ2n) is 12.2. The molecule has 4 aromatic rings. The van der Waals surface area contributed by atoms with Crippen molar-refractivity contribution < 1.29 is 24.2 Å². The first-order valence-corrected chi connectivity index (χ1v) is 14.6. The lowest BCUT2D eigenvalue weighted by Gasteiger charge is -2.36. The van der Waals surface area contributed by atoms with Crippen LogP contribution in [0.3, 0.4) is 0 Å². The Labute approximate surface area is 253 Å². The van der Waals surface area contributed by atoms with E-state index < -0.39 is 0 Å². The van der Waals surface area contributed by atoms with Crippen molar-refractivity contribution in [3.8, 4) is 23.0 Å². The fraction of sp³-hybridized carbons (Fsp3) is 0.306. The number of nitrogens with two attached hydrogens (primary N) is 1. The second-order valence-corrected chi connectivity index (χ2v) is 12.2. The Morgan fingerprint density at radius 1 is 0.744 bits per heavy atom. The normalized spacial score (nSPS) is 18.5. The van der Waals surface area contributed by atoms with Gasteiger partial charge in [0.15, 0.2) is 0 Å². The summed E-state index contributed by atoms with van der Waals surface area (Å²) in [6.07, 6.45) is 1.36. The summed E-state index contributed by atoms with van der Waals surface area (Å²) in [7, 11) is 0. The highest BCUT2D eigenvalue weighted by Crippen LogP contribution is 2.40. The first-order chi connectivity index (χ1) is 20.6. The Kier molecular flexibility index (Phi) is 8.92.